The summed E-state index contributed by atoms with van der Waals surface area (Å²) < 4.78 is 11.1. The van der Waals surface area contributed by atoms with Gasteiger partial charge in [0, 0.05) is 19.4 Å². The maximum Gasteiger partial charge on any atom is 0.220 e. The number of nitrogens with one attached hydrogen (secondary N) is 1. The second-order valence-electron chi connectivity index (χ2n) is 7.18. The quantitative estimate of drug-likeness (QED) is 0.838. The molecule has 0 unspecified atom stereocenters. The molecule has 2 rings (SSSR count). The van der Waals surface area contributed by atoms with E-state index in [0.29, 0.717) is 32.6 Å². The van der Waals surface area contributed by atoms with Crippen molar-refractivity contribution in [2.45, 2.75) is 58.2 Å². The number of hydrogen-bond donors (Lipinski definition) is 1. The number of benzene rings is 1. The Balaban J connectivity index is 1.73. The van der Waals surface area contributed by atoms with Gasteiger partial charge in [-0.3, -0.25) is 4.79 Å². The average Bonchev–Trinajstić information content (AvgIpc) is 2.93. The molecule has 1 heterocycles. The van der Waals surface area contributed by atoms with E-state index in [4.69, 9.17) is 9.47 Å². The van der Waals surface area contributed by atoms with E-state index in [1.54, 1.807) is 0 Å². The molecule has 1 amide bonds. The van der Waals surface area contributed by atoms with Crippen LogP contribution in [0.3, 0.4) is 0 Å². The van der Waals surface area contributed by atoms with Crippen LogP contribution in [0.1, 0.15) is 51.2 Å². The van der Waals surface area contributed by atoms with Crippen LogP contribution in [-0.2, 0) is 19.7 Å². The Hall–Kier alpha value is -1.39. The molecule has 23 heavy (non-hydrogen) atoms. The smallest absolute Gasteiger partial charge is 0.220 e. The fourth-order valence-corrected chi connectivity index (χ4v) is 2.79. The molecule has 1 aromatic rings. The molecule has 4 nitrogen and oxygen atoms in total. The van der Waals surface area contributed by atoms with Gasteiger partial charge in [0.1, 0.15) is 0 Å². The van der Waals surface area contributed by atoms with E-state index in [0.717, 1.165) is 6.42 Å². The molecule has 0 aliphatic carbocycles. The first kappa shape index (κ1) is 18.0. The van der Waals surface area contributed by atoms with Gasteiger partial charge in [0.25, 0.3) is 0 Å². The Morgan fingerprint density at radius 3 is 2.43 bits per heavy atom. The van der Waals surface area contributed by atoms with Crippen molar-refractivity contribution in [3.63, 3.8) is 0 Å². The fraction of sp³-hybridized carbons (Fsp3) is 0.632. The topological polar surface area (TPSA) is 47.6 Å². The van der Waals surface area contributed by atoms with Gasteiger partial charge in [0.15, 0.2) is 5.79 Å². The van der Waals surface area contributed by atoms with Crippen LogP contribution < -0.4 is 5.32 Å². The van der Waals surface area contributed by atoms with Crippen LogP contribution in [0.15, 0.2) is 24.3 Å². The zero-order valence-corrected chi connectivity index (χ0v) is 14.8. The van der Waals surface area contributed by atoms with E-state index < -0.39 is 5.79 Å². The molecule has 1 N–H and O–H groups in total. The zero-order chi connectivity index (χ0) is 16.9. The van der Waals surface area contributed by atoms with E-state index in [1.807, 2.05) is 6.92 Å². The molecular weight excluding hydrogens is 290 g/mol. The highest BCUT2D eigenvalue weighted by Gasteiger charge is 2.30. The Morgan fingerprint density at radius 2 is 1.83 bits per heavy atom. The fourth-order valence-electron chi connectivity index (χ4n) is 2.79. The first-order chi connectivity index (χ1) is 10.8. The molecule has 1 aliphatic heterocycles. The minimum absolute atomic E-state index is 0.00526. The monoisotopic (exact) mass is 319 g/mol. The third-order valence-electron chi connectivity index (χ3n) is 4.61. The highest BCUT2D eigenvalue weighted by atomic mass is 16.7. The lowest BCUT2D eigenvalue weighted by atomic mass is 9.80. The van der Waals surface area contributed by atoms with Crippen molar-refractivity contribution in [3.05, 3.63) is 35.4 Å². The molecule has 128 valence electrons. The van der Waals surface area contributed by atoms with E-state index >= 15 is 0 Å². The summed E-state index contributed by atoms with van der Waals surface area (Å²) in [4.78, 5) is 12.1. The normalized spacial score (nSPS) is 17.2. The summed E-state index contributed by atoms with van der Waals surface area (Å²) in [5.74, 6) is -0.444. The van der Waals surface area contributed by atoms with E-state index in [-0.39, 0.29) is 11.3 Å². The Bertz CT molecular complexity index is 516. The molecule has 0 atom stereocenters. The SMILES string of the molecule is Cc1ccc(C(C)(C)CCC(=O)NCCC2(C)OCCO2)cc1. The van der Waals surface area contributed by atoms with E-state index in [1.165, 1.54) is 11.1 Å². The number of aryl methyl sites for hydroxylation is 1. The summed E-state index contributed by atoms with van der Waals surface area (Å²) in [5, 5.41) is 2.97. The van der Waals surface area contributed by atoms with Gasteiger partial charge in [0.05, 0.1) is 13.2 Å². The Kier molecular flexibility index (Phi) is 5.82. The highest BCUT2D eigenvalue weighted by Crippen LogP contribution is 2.28. The predicted octanol–water partition coefficient (Wildman–Crippen LogP) is 3.32. The van der Waals surface area contributed by atoms with Gasteiger partial charge >= 0.3 is 0 Å². The van der Waals surface area contributed by atoms with Crippen LogP contribution in [0.5, 0.6) is 0 Å². The van der Waals surface area contributed by atoms with Gasteiger partial charge in [-0.05, 0) is 31.2 Å². The van der Waals surface area contributed by atoms with Crippen LogP contribution in [0, 0.1) is 6.92 Å². The van der Waals surface area contributed by atoms with Crippen molar-refractivity contribution in [2.24, 2.45) is 0 Å². The average molecular weight is 319 g/mol. The van der Waals surface area contributed by atoms with E-state index in [9.17, 15) is 4.79 Å². The molecule has 1 aliphatic rings. The molecule has 0 spiro atoms. The van der Waals surface area contributed by atoms with Crippen molar-refractivity contribution in [3.8, 4) is 0 Å². The Morgan fingerprint density at radius 1 is 1.22 bits per heavy atom. The number of amides is 1. The maximum atomic E-state index is 12.1. The van der Waals surface area contributed by atoms with Crippen molar-refractivity contribution in [1.82, 2.24) is 5.32 Å². The minimum atomic E-state index is -0.533. The van der Waals surface area contributed by atoms with Gasteiger partial charge in [-0.1, -0.05) is 43.7 Å². The summed E-state index contributed by atoms with van der Waals surface area (Å²) in [6.45, 7) is 10.2. The minimum Gasteiger partial charge on any atom is -0.356 e. The lowest BCUT2D eigenvalue weighted by Gasteiger charge is -2.25. The van der Waals surface area contributed by atoms with Gasteiger partial charge < -0.3 is 14.8 Å². The van der Waals surface area contributed by atoms with Crippen LogP contribution in [0.2, 0.25) is 0 Å². The second kappa shape index (κ2) is 7.45. The molecule has 0 aromatic heterocycles. The molecule has 0 saturated carbocycles. The first-order valence-corrected chi connectivity index (χ1v) is 8.43. The zero-order valence-electron chi connectivity index (χ0n) is 14.8. The van der Waals surface area contributed by atoms with Crippen molar-refractivity contribution >= 4 is 5.91 Å². The van der Waals surface area contributed by atoms with Crippen molar-refractivity contribution in [1.29, 1.82) is 0 Å². The van der Waals surface area contributed by atoms with Crippen LogP contribution in [0.25, 0.3) is 0 Å². The lowest BCUT2D eigenvalue weighted by molar-refractivity contribution is -0.146. The van der Waals surface area contributed by atoms with Crippen LogP contribution in [-0.4, -0.2) is 31.5 Å². The molecule has 1 aromatic carbocycles. The van der Waals surface area contributed by atoms with Gasteiger partial charge in [-0.25, -0.2) is 0 Å². The number of carbonyl (C=O) groups excluding carboxylic acids is 1. The van der Waals surface area contributed by atoms with Gasteiger partial charge in [0.2, 0.25) is 5.91 Å². The predicted molar refractivity (Wildman–Crippen MR) is 91.4 cm³/mol. The second-order valence-corrected chi connectivity index (χ2v) is 7.18. The molecular formula is C19H29NO3. The molecule has 1 saturated heterocycles. The number of rotatable bonds is 7. The first-order valence-electron chi connectivity index (χ1n) is 8.43. The number of ether oxygens (including phenoxy) is 2. The molecule has 1 fully saturated rings. The number of hydrogen-bond acceptors (Lipinski definition) is 3. The summed E-state index contributed by atoms with van der Waals surface area (Å²) in [5.41, 5.74) is 2.53. The standard InChI is InChI=1S/C19H29NO3/c1-15-5-7-16(8-6-15)18(2,3)10-9-17(21)20-12-11-19(4)22-13-14-23-19/h5-8H,9-14H2,1-4H3,(H,20,21). The third kappa shape index (κ3) is 5.33. The largest absolute Gasteiger partial charge is 0.356 e. The van der Waals surface area contributed by atoms with Crippen LogP contribution in [0.4, 0.5) is 0 Å². The van der Waals surface area contributed by atoms with E-state index in [2.05, 4.69) is 50.4 Å². The summed E-state index contributed by atoms with van der Waals surface area (Å²) >= 11 is 0. The molecule has 4 heteroatoms. The summed E-state index contributed by atoms with van der Waals surface area (Å²) in [7, 11) is 0. The van der Waals surface area contributed by atoms with Crippen molar-refractivity contribution in [2.75, 3.05) is 19.8 Å². The molecule has 0 bridgehead atoms. The summed E-state index contributed by atoms with van der Waals surface area (Å²) in [6, 6.07) is 8.56. The lowest BCUT2D eigenvalue weighted by Crippen LogP contribution is -2.34. The number of carbonyl (C=O) groups is 1. The third-order valence-corrected chi connectivity index (χ3v) is 4.61. The van der Waals surface area contributed by atoms with Gasteiger partial charge in [-0.15, -0.1) is 0 Å². The summed E-state index contributed by atoms with van der Waals surface area (Å²) in [6.07, 6.45) is 2.03. The Labute approximate surface area is 139 Å². The highest BCUT2D eigenvalue weighted by molar-refractivity contribution is 5.75. The van der Waals surface area contributed by atoms with Gasteiger partial charge in [-0.2, -0.15) is 0 Å². The van der Waals surface area contributed by atoms with Crippen molar-refractivity contribution < 1.29 is 14.3 Å². The molecule has 0 radical (unpaired) electrons. The maximum absolute atomic E-state index is 12.1. The van der Waals surface area contributed by atoms with Crippen LogP contribution >= 0.6 is 0 Å².